The first-order chi connectivity index (χ1) is 14.9. The Hall–Kier alpha value is -2.53. The van der Waals surface area contributed by atoms with Crippen molar-refractivity contribution in [2.24, 2.45) is 0 Å². The van der Waals surface area contributed by atoms with Gasteiger partial charge < -0.3 is 10.1 Å². The van der Waals surface area contributed by atoms with Gasteiger partial charge in [0.1, 0.15) is 10.8 Å². The van der Waals surface area contributed by atoms with Gasteiger partial charge in [-0.1, -0.05) is 29.0 Å². The van der Waals surface area contributed by atoms with Crippen LogP contribution in [0.1, 0.15) is 33.7 Å². The number of sulfonamides is 1. The van der Waals surface area contributed by atoms with Gasteiger partial charge in [0.2, 0.25) is 15.0 Å². The maximum absolute atomic E-state index is 13.2. The summed E-state index contributed by atoms with van der Waals surface area (Å²) in [6, 6.07) is 12.6. The third-order valence-electron chi connectivity index (χ3n) is 4.87. The van der Waals surface area contributed by atoms with E-state index < -0.39 is 22.0 Å². The lowest BCUT2D eigenvalue weighted by molar-refractivity contribution is 0.102. The molecule has 0 radical (unpaired) electrons. The van der Waals surface area contributed by atoms with Gasteiger partial charge in [0.25, 0.3) is 5.91 Å². The summed E-state index contributed by atoms with van der Waals surface area (Å²) < 4.78 is 32.9. The predicted octanol–water partition coefficient (Wildman–Crippen LogP) is 3.98. The molecule has 1 aliphatic rings. The molecule has 1 saturated heterocycles. The van der Waals surface area contributed by atoms with E-state index in [1.54, 1.807) is 36.4 Å². The van der Waals surface area contributed by atoms with Gasteiger partial charge in [-0.3, -0.25) is 4.79 Å². The first-order valence-corrected chi connectivity index (χ1v) is 12.1. The number of halogens is 1. The van der Waals surface area contributed by atoms with E-state index in [1.165, 1.54) is 23.5 Å². The third-order valence-corrected chi connectivity index (χ3v) is 8.05. The molecule has 31 heavy (non-hydrogen) atoms. The molecule has 3 aromatic rings. The summed E-state index contributed by atoms with van der Waals surface area (Å²) in [4.78, 5) is 12.7. The van der Waals surface area contributed by atoms with Crippen molar-refractivity contribution in [1.82, 2.24) is 14.5 Å². The lowest BCUT2D eigenvalue weighted by Crippen LogP contribution is -2.30. The Bertz CT molecular complexity index is 1200. The van der Waals surface area contributed by atoms with E-state index in [4.69, 9.17) is 16.3 Å². The number of hydrogen-bond acceptors (Lipinski definition) is 7. The minimum atomic E-state index is -3.72. The van der Waals surface area contributed by atoms with Crippen LogP contribution >= 0.6 is 22.9 Å². The fourth-order valence-electron chi connectivity index (χ4n) is 3.37. The fourth-order valence-corrected chi connectivity index (χ4v) is 6.17. The van der Waals surface area contributed by atoms with Gasteiger partial charge in [-0.05, 0) is 55.3 Å². The molecule has 1 aromatic heterocycles. The molecular formula is C20H19ClN4O4S2. The molecule has 1 N–H and O–H groups in total. The van der Waals surface area contributed by atoms with Gasteiger partial charge >= 0.3 is 0 Å². The van der Waals surface area contributed by atoms with E-state index in [1.807, 2.05) is 0 Å². The lowest BCUT2D eigenvalue weighted by atomic mass is 10.2. The number of amides is 1. The van der Waals surface area contributed by atoms with Crippen molar-refractivity contribution in [1.29, 1.82) is 0 Å². The zero-order valence-electron chi connectivity index (χ0n) is 16.5. The molecule has 2 heterocycles. The van der Waals surface area contributed by atoms with Gasteiger partial charge in [-0.15, -0.1) is 10.2 Å². The van der Waals surface area contributed by atoms with Crippen molar-refractivity contribution in [3.05, 3.63) is 63.6 Å². The molecule has 1 atom stereocenters. The number of carbonyl (C=O) groups is 1. The van der Waals surface area contributed by atoms with Crippen molar-refractivity contribution < 1.29 is 17.9 Å². The number of ether oxygens (including phenoxy) is 1. The van der Waals surface area contributed by atoms with E-state index in [-0.39, 0.29) is 9.90 Å². The normalized spacial score (nSPS) is 16.9. The molecule has 1 aliphatic heterocycles. The second kappa shape index (κ2) is 8.91. The van der Waals surface area contributed by atoms with Crippen molar-refractivity contribution in [2.45, 2.75) is 23.8 Å². The Kier molecular flexibility index (Phi) is 6.24. The largest absolute Gasteiger partial charge is 0.497 e. The predicted molar refractivity (Wildman–Crippen MR) is 118 cm³/mol. The molecule has 0 saturated carbocycles. The second-order valence-electron chi connectivity index (χ2n) is 6.86. The molecule has 0 unspecified atom stereocenters. The minimum Gasteiger partial charge on any atom is -0.497 e. The van der Waals surface area contributed by atoms with Crippen LogP contribution in [0.15, 0.2) is 53.4 Å². The zero-order chi connectivity index (χ0) is 22.0. The first-order valence-electron chi connectivity index (χ1n) is 9.45. The van der Waals surface area contributed by atoms with Crippen LogP contribution in [0.25, 0.3) is 0 Å². The number of aromatic nitrogens is 2. The Labute approximate surface area is 188 Å². The van der Waals surface area contributed by atoms with E-state index in [9.17, 15) is 13.2 Å². The molecule has 0 aliphatic carbocycles. The van der Waals surface area contributed by atoms with Crippen LogP contribution in [0.5, 0.6) is 5.75 Å². The van der Waals surface area contributed by atoms with Crippen molar-refractivity contribution in [2.75, 3.05) is 19.0 Å². The lowest BCUT2D eigenvalue weighted by Gasteiger charge is -2.22. The summed E-state index contributed by atoms with van der Waals surface area (Å²) in [5.74, 6) is 0.157. The van der Waals surface area contributed by atoms with E-state index in [2.05, 4.69) is 15.5 Å². The van der Waals surface area contributed by atoms with Crippen LogP contribution in [0, 0.1) is 0 Å². The highest BCUT2D eigenvalue weighted by Crippen LogP contribution is 2.38. The molecule has 0 spiro atoms. The average molecular weight is 479 g/mol. The monoisotopic (exact) mass is 478 g/mol. The number of carbonyl (C=O) groups excluding carboxylic acids is 1. The molecule has 1 amide bonds. The highest BCUT2D eigenvalue weighted by molar-refractivity contribution is 7.89. The molecule has 8 nitrogen and oxygen atoms in total. The number of anilines is 1. The van der Waals surface area contributed by atoms with E-state index >= 15 is 0 Å². The number of benzene rings is 2. The molecular weight excluding hydrogens is 460 g/mol. The number of rotatable bonds is 6. The first kappa shape index (κ1) is 21.7. The average Bonchev–Trinajstić information content (AvgIpc) is 3.43. The summed E-state index contributed by atoms with van der Waals surface area (Å²) in [6.07, 6.45) is 1.31. The van der Waals surface area contributed by atoms with Gasteiger partial charge in [-0.2, -0.15) is 4.31 Å². The van der Waals surface area contributed by atoms with E-state index in [0.717, 1.165) is 11.3 Å². The highest BCUT2D eigenvalue weighted by Gasteiger charge is 2.38. The number of nitrogens with zero attached hydrogens (tertiary/aromatic N) is 3. The molecule has 2 aromatic carbocycles. The SMILES string of the molecule is COc1ccc(S(=O)(=O)N2CCC[C@H]2c2nnc(C(=O)Nc3cccc(Cl)c3)s2)cc1. The number of hydrogen-bond donors (Lipinski definition) is 1. The summed E-state index contributed by atoms with van der Waals surface area (Å²) in [5, 5.41) is 12.0. The van der Waals surface area contributed by atoms with E-state index in [0.29, 0.717) is 40.9 Å². The van der Waals surface area contributed by atoms with Crippen LogP contribution in [0.4, 0.5) is 5.69 Å². The van der Waals surface area contributed by atoms with Gasteiger partial charge in [0.05, 0.1) is 18.0 Å². The van der Waals surface area contributed by atoms with Gasteiger partial charge in [0, 0.05) is 17.3 Å². The maximum atomic E-state index is 13.2. The Morgan fingerprint density at radius 3 is 2.71 bits per heavy atom. The Morgan fingerprint density at radius 2 is 2.00 bits per heavy atom. The van der Waals surface area contributed by atoms with Crippen LogP contribution in [-0.2, 0) is 10.0 Å². The summed E-state index contributed by atoms with van der Waals surface area (Å²) >= 11 is 7.03. The molecule has 4 rings (SSSR count). The quantitative estimate of drug-likeness (QED) is 0.575. The van der Waals surface area contributed by atoms with Crippen LogP contribution in [0.3, 0.4) is 0 Å². The standard InChI is InChI=1S/C20H19ClN4O4S2/c1-29-15-7-9-16(10-8-15)31(27,28)25-11-3-6-17(25)19-23-24-20(30-19)18(26)22-14-5-2-4-13(21)12-14/h2,4-5,7-10,12,17H,3,6,11H2,1H3,(H,22,26)/t17-/m0/s1. The summed E-state index contributed by atoms with van der Waals surface area (Å²) in [5.41, 5.74) is 0.541. The van der Waals surface area contributed by atoms with Crippen molar-refractivity contribution in [3.63, 3.8) is 0 Å². The maximum Gasteiger partial charge on any atom is 0.286 e. The Morgan fingerprint density at radius 1 is 1.23 bits per heavy atom. The van der Waals surface area contributed by atoms with Crippen LogP contribution < -0.4 is 10.1 Å². The van der Waals surface area contributed by atoms with Crippen LogP contribution in [0.2, 0.25) is 5.02 Å². The highest BCUT2D eigenvalue weighted by atomic mass is 35.5. The summed E-state index contributed by atoms with van der Waals surface area (Å²) in [6.45, 7) is 0.378. The summed E-state index contributed by atoms with van der Waals surface area (Å²) in [7, 11) is -2.20. The van der Waals surface area contributed by atoms with Gasteiger partial charge in [-0.25, -0.2) is 8.42 Å². The van der Waals surface area contributed by atoms with Crippen molar-refractivity contribution >= 4 is 44.6 Å². The topological polar surface area (TPSA) is 101 Å². The Balaban J connectivity index is 1.54. The fraction of sp³-hybridized carbons (Fsp3) is 0.250. The number of nitrogens with one attached hydrogen (secondary N) is 1. The third kappa shape index (κ3) is 4.57. The zero-order valence-corrected chi connectivity index (χ0v) is 18.9. The van der Waals surface area contributed by atoms with Crippen molar-refractivity contribution in [3.8, 4) is 5.75 Å². The smallest absolute Gasteiger partial charge is 0.286 e. The second-order valence-corrected chi connectivity index (χ2v) is 10.2. The minimum absolute atomic E-state index is 0.156. The molecule has 1 fully saturated rings. The molecule has 0 bridgehead atoms. The number of methoxy groups -OCH3 is 1. The molecule has 162 valence electrons. The molecule has 11 heteroatoms. The van der Waals surface area contributed by atoms with Crippen LogP contribution in [-0.4, -0.2) is 42.5 Å². The van der Waals surface area contributed by atoms with Gasteiger partial charge in [0.15, 0.2) is 0 Å².